The van der Waals surface area contributed by atoms with Gasteiger partial charge in [0.2, 0.25) is 9.84 Å². The van der Waals surface area contributed by atoms with Crippen LogP contribution in [0.15, 0.2) is 30.3 Å². The van der Waals surface area contributed by atoms with Crippen LogP contribution in [0.25, 0.3) is 0 Å². The van der Waals surface area contributed by atoms with Crippen LogP contribution in [0.2, 0.25) is 0 Å². The SMILES string of the molecule is O=S(=O)(Cc1ccccc1)C(F)F. The summed E-state index contributed by atoms with van der Waals surface area (Å²) < 4.78 is 45.3. The molecule has 0 aromatic heterocycles. The van der Waals surface area contributed by atoms with Gasteiger partial charge in [-0.3, -0.25) is 0 Å². The summed E-state index contributed by atoms with van der Waals surface area (Å²) in [5.41, 5.74) is 0.378. The summed E-state index contributed by atoms with van der Waals surface area (Å²) in [5, 5.41) is 0. The van der Waals surface area contributed by atoms with Crippen LogP contribution >= 0.6 is 0 Å². The molecule has 0 atom stereocenters. The molecule has 1 rings (SSSR count). The van der Waals surface area contributed by atoms with Crippen molar-refractivity contribution >= 4 is 9.84 Å². The summed E-state index contributed by atoms with van der Waals surface area (Å²) in [7, 11) is -4.28. The summed E-state index contributed by atoms with van der Waals surface area (Å²) in [6.07, 6.45) is 0. The molecule has 1 aromatic carbocycles. The van der Waals surface area contributed by atoms with Gasteiger partial charge in [0.15, 0.2) is 0 Å². The molecule has 0 radical (unpaired) electrons. The third kappa shape index (κ3) is 2.77. The molecule has 0 saturated heterocycles. The van der Waals surface area contributed by atoms with Crippen LogP contribution in [0.1, 0.15) is 5.56 Å². The maximum absolute atomic E-state index is 11.9. The Balaban J connectivity index is 2.82. The fourth-order valence-corrected chi connectivity index (χ4v) is 1.65. The van der Waals surface area contributed by atoms with Gasteiger partial charge < -0.3 is 0 Å². The molecule has 0 aliphatic rings. The third-order valence-electron chi connectivity index (χ3n) is 1.48. The van der Waals surface area contributed by atoms with Crippen molar-refractivity contribution in [3.8, 4) is 0 Å². The molecule has 0 aliphatic heterocycles. The van der Waals surface area contributed by atoms with Gasteiger partial charge in [0.1, 0.15) is 0 Å². The summed E-state index contributed by atoms with van der Waals surface area (Å²) in [6, 6.07) is 7.91. The lowest BCUT2D eigenvalue weighted by Crippen LogP contribution is -2.13. The summed E-state index contributed by atoms with van der Waals surface area (Å²) >= 11 is 0. The highest BCUT2D eigenvalue weighted by molar-refractivity contribution is 7.90. The first-order valence-electron chi connectivity index (χ1n) is 3.56. The molecule has 0 heterocycles. The molecule has 0 saturated carbocycles. The highest BCUT2D eigenvalue weighted by atomic mass is 32.2. The lowest BCUT2D eigenvalue weighted by atomic mass is 10.2. The minimum absolute atomic E-state index is 0.378. The predicted molar refractivity (Wildman–Crippen MR) is 45.1 cm³/mol. The fraction of sp³-hybridized carbons (Fsp3) is 0.250. The van der Waals surface area contributed by atoms with E-state index in [4.69, 9.17) is 0 Å². The van der Waals surface area contributed by atoms with E-state index in [9.17, 15) is 17.2 Å². The van der Waals surface area contributed by atoms with E-state index in [0.717, 1.165) is 0 Å². The number of benzene rings is 1. The van der Waals surface area contributed by atoms with Crippen molar-refractivity contribution in [3.05, 3.63) is 35.9 Å². The van der Waals surface area contributed by atoms with Gasteiger partial charge in [-0.25, -0.2) is 8.42 Å². The second-order valence-corrected chi connectivity index (χ2v) is 4.52. The van der Waals surface area contributed by atoms with E-state index in [1.807, 2.05) is 0 Å². The Bertz CT molecular complexity index is 359. The molecule has 0 bridgehead atoms. The number of rotatable bonds is 3. The molecular weight excluding hydrogens is 198 g/mol. The van der Waals surface area contributed by atoms with E-state index < -0.39 is 21.3 Å². The number of halogens is 2. The van der Waals surface area contributed by atoms with Crippen LogP contribution in [0.4, 0.5) is 8.78 Å². The van der Waals surface area contributed by atoms with Crippen LogP contribution in [-0.2, 0) is 15.6 Å². The Kier molecular flexibility index (Phi) is 2.98. The maximum atomic E-state index is 11.9. The molecule has 0 spiro atoms. The van der Waals surface area contributed by atoms with Crippen LogP contribution in [0, 0.1) is 0 Å². The first kappa shape index (κ1) is 10.1. The van der Waals surface area contributed by atoms with Crippen molar-refractivity contribution < 1.29 is 17.2 Å². The van der Waals surface area contributed by atoms with Gasteiger partial charge in [-0.1, -0.05) is 30.3 Å². The Morgan fingerprint density at radius 3 is 2.15 bits per heavy atom. The van der Waals surface area contributed by atoms with Crippen molar-refractivity contribution in [1.29, 1.82) is 0 Å². The molecule has 5 heteroatoms. The second-order valence-electron chi connectivity index (χ2n) is 2.55. The van der Waals surface area contributed by atoms with Gasteiger partial charge >= 0.3 is 5.76 Å². The van der Waals surface area contributed by atoms with Gasteiger partial charge in [-0.05, 0) is 5.56 Å². The summed E-state index contributed by atoms with van der Waals surface area (Å²) in [4.78, 5) is 0. The molecule has 1 aromatic rings. The first-order valence-corrected chi connectivity index (χ1v) is 5.27. The van der Waals surface area contributed by atoms with Crippen molar-refractivity contribution in [2.45, 2.75) is 11.5 Å². The zero-order chi connectivity index (χ0) is 9.90. The van der Waals surface area contributed by atoms with E-state index in [-0.39, 0.29) is 0 Å². The van der Waals surface area contributed by atoms with Gasteiger partial charge in [0, 0.05) is 0 Å². The number of sulfone groups is 1. The Labute approximate surface area is 75.1 Å². The van der Waals surface area contributed by atoms with Crippen LogP contribution in [0.3, 0.4) is 0 Å². The van der Waals surface area contributed by atoms with Crippen LogP contribution < -0.4 is 0 Å². The van der Waals surface area contributed by atoms with Crippen molar-refractivity contribution in [1.82, 2.24) is 0 Å². The molecule has 0 amide bonds. The van der Waals surface area contributed by atoms with Crippen LogP contribution in [-0.4, -0.2) is 14.2 Å². The smallest absolute Gasteiger partial charge is 0.223 e. The highest BCUT2D eigenvalue weighted by Gasteiger charge is 2.23. The van der Waals surface area contributed by atoms with E-state index in [0.29, 0.717) is 5.56 Å². The molecule has 2 nitrogen and oxygen atoms in total. The van der Waals surface area contributed by atoms with Gasteiger partial charge in [0.25, 0.3) is 0 Å². The molecule has 13 heavy (non-hydrogen) atoms. The van der Waals surface area contributed by atoms with Crippen molar-refractivity contribution in [2.24, 2.45) is 0 Å². The van der Waals surface area contributed by atoms with Gasteiger partial charge in [0.05, 0.1) is 5.75 Å². The molecule has 0 aliphatic carbocycles. The molecular formula is C8H8F2O2S. The number of hydrogen-bond acceptors (Lipinski definition) is 2. The minimum atomic E-state index is -4.28. The maximum Gasteiger partial charge on any atom is 0.337 e. The predicted octanol–water partition coefficient (Wildman–Crippen LogP) is 1.82. The molecule has 0 N–H and O–H groups in total. The van der Waals surface area contributed by atoms with E-state index in [1.165, 1.54) is 12.1 Å². The van der Waals surface area contributed by atoms with Crippen LogP contribution in [0.5, 0.6) is 0 Å². The lowest BCUT2D eigenvalue weighted by molar-refractivity contribution is 0.234. The average Bonchev–Trinajstić information content (AvgIpc) is 2.05. The third-order valence-corrected chi connectivity index (χ3v) is 2.76. The summed E-state index contributed by atoms with van der Waals surface area (Å²) in [5.74, 6) is -3.90. The standard InChI is InChI=1S/C8H8F2O2S/c9-8(10)13(11,12)6-7-4-2-1-3-5-7/h1-5,8H,6H2. The normalized spacial score (nSPS) is 11.9. The Morgan fingerprint density at radius 2 is 1.69 bits per heavy atom. The second kappa shape index (κ2) is 3.83. The summed E-state index contributed by atoms with van der Waals surface area (Å²) in [6.45, 7) is 0. The van der Waals surface area contributed by atoms with Gasteiger partial charge in [-0.2, -0.15) is 8.78 Å². The Hall–Kier alpha value is -0.970. The largest absolute Gasteiger partial charge is 0.337 e. The Morgan fingerprint density at radius 1 is 1.15 bits per heavy atom. The zero-order valence-corrected chi connectivity index (χ0v) is 7.47. The van der Waals surface area contributed by atoms with E-state index >= 15 is 0 Å². The van der Waals surface area contributed by atoms with E-state index in [1.54, 1.807) is 18.2 Å². The fourth-order valence-electron chi connectivity index (χ4n) is 0.870. The van der Waals surface area contributed by atoms with Crippen molar-refractivity contribution in [3.63, 3.8) is 0 Å². The lowest BCUT2D eigenvalue weighted by Gasteiger charge is -2.01. The minimum Gasteiger partial charge on any atom is -0.223 e. The van der Waals surface area contributed by atoms with Crippen molar-refractivity contribution in [2.75, 3.05) is 0 Å². The molecule has 0 fully saturated rings. The molecule has 0 unspecified atom stereocenters. The average molecular weight is 206 g/mol. The zero-order valence-electron chi connectivity index (χ0n) is 6.65. The number of hydrogen-bond donors (Lipinski definition) is 0. The topological polar surface area (TPSA) is 34.1 Å². The quantitative estimate of drug-likeness (QED) is 0.756. The monoisotopic (exact) mass is 206 g/mol. The highest BCUT2D eigenvalue weighted by Crippen LogP contribution is 2.12. The first-order chi connectivity index (χ1) is 6.02. The number of alkyl halides is 2. The molecule has 72 valence electrons. The van der Waals surface area contributed by atoms with Gasteiger partial charge in [-0.15, -0.1) is 0 Å². The van der Waals surface area contributed by atoms with E-state index in [2.05, 4.69) is 0 Å².